The Kier molecular flexibility index (Phi) is 5.60. The molecule has 18 heavy (non-hydrogen) atoms. The molecule has 1 rings (SSSR count). The highest BCUT2D eigenvalue weighted by molar-refractivity contribution is 5.85. The van der Waals surface area contributed by atoms with Crippen LogP contribution in [0.1, 0.15) is 11.6 Å². The third-order valence-electron chi connectivity index (χ3n) is 2.26. The summed E-state index contributed by atoms with van der Waals surface area (Å²) >= 11 is 0. The van der Waals surface area contributed by atoms with E-state index in [0.29, 0.717) is 12.1 Å². The summed E-state index contributed by atoms with van der Waals surface area (Å²) in [6.07, 6.45) is 1.62. The summed E-state index contributed by atoms with van der Waals surface area (Å²) in [5.41, 5.74) is 0.544. The summed E-state index contributed by atoms with van der Waals surface area (Å²) in [6.45, 7) is 4.06. The van der Waals surface area contributed by atoms with Crippen LogP contribution < -0.4 is 10.6 Å². The van der Waals surface area contributed by atoms with Gasteiger partial charge in [0, 0.05) is 6.54 Å². The van der Waals surface area contributed by atoms with E-state index >= 15 is 0 Å². The van der Waals surface area contributed by atoms with E-state index in [1.807, 2.05) is 0 Å². The summed E-state index contributed by atoms with van der Waals surface area (Å²) in [5, 5.41) is 14.4. The van der Waals surface area contributed by atoms with Crippen LogP contribution in [0.4, 0.5) is 0 Å². The number of nitrogens with one attached hydrogen (secondary N) is 2. The van der Waals surface area contributed by atoms with E-state index in [2.05, 4.69) is 17.2 Å². The van der Waals surface area contributed by atoms with Gasteiger partial charge in [-0.1, -0.05) is 36.4 Å². The molecule has 0 aliphatic rings. The molecule has 5 nitrogen and oxygen atoms in total. The quantitative estimate of drug-likeness (QED) is 0.490. The molecule has 5 heteroatoms. The van der Waals surface area contributed by atoms with Crippen molar-refractivity contribution < 1.29 is 14.7 Å². The fourth-order valence-corrected chi connectivity index (χ4v) is 1.43. The van der Waals surface area contributed by atoms with Crippen LogP contribution in [0.25, 0.3) is 0 Å². The van der Waals surface area contributed by atoms with Crippen molar-refractivity contribution >= 4 is 11.9 Å². The second-order valence-corrected chi connectivity index (χ2v) is 3.67. The van der Waals surface area contributed by atoms with Crippen LogP contribution in [0.5, 0.6) is 0 Å². The largest absolute Gasteiger partial charge is 0.479 e. The SMILES string of the molecule is C=CCNCC(=O)NC(C(=O)O)c1ccccc1. The van der Waals surface area contributed by atoms with E-state index in [0.717, 1.165) is 0 Å². The summed E-state index contributed by atoms with van der Waals surface area (Å²) in [5.74, 6) is -1.45. The van der Waals surface area contributed by atoms with Gasteiger partial charge in [0.2, 0.25) is 5.91 Å². The molecule has 1 unspecified atom stereocenters. The predicted molar refractivity (Wildman–Crippen MR) is 68.0 cm³/mol. The van der Waals surface area contributed by atoms with Gasteiger partial charge in [0.1, 0.15) is 0 Å². The number of amides is 1. The summed E-state index contributed by atoms with van der Waals surface area (Å²) < 4.78 is 0. The number of rotatable bonds is 7. The van der Waals surface area contributed by atoms with Crippen LogP contribution in [0.2, 0.25) is 0 Å². The van der Waals surface area contributed by atoms with Crippen LogP contribution in [0.3, 0.4) is 0 Å². The van der Waals surface area contributed by atoms with E-state index in [1.165, 1.54) is 0 Å². The lowest BCUT2D eigenvalue weighted by atomic mass is 10.1. The van der Waals surface area contributed by atoms with Gasteiger partial charge >= 0.3 is 5.97 Å². The zero-order valence-electron chi connectivity index (χ0n) is 9.93. The number of benzene rings is 1. The fraction of sp³-hybridized carbons (Fsp3) is 0.231. The molecule has 0 saturated heterocycles. The second kappa shape index (κ2) is 7.24. The van der Waals surface area contributed by atoms with Gasteiger partial charge in [0.25, 0.3) is 0 Å². The molecule has 3 N–H and O–H groups in total. The standard InChI is InChI=1S/C13H16N2O3/c1-2-8-14-9-11(16)15-12(13(17)18)10-6-4-3-5-7-10/h2-7,12,14H,1,8-9H2,(H,15,16)(H,17,18). The Morgan fingerprint density at radius 3 is 2.56 bits per heavy atom. The summed E-state index contributed by atoms with van der Waals surface area (Å²) in [7, 11) is 0. The molecular weight excluding hydrogens is 232 g/mol. The highest BCUT2D eigenvalue weighted by Crippen LogP contribution is 2.12. The minimum Gasteiger partial charge on any atom is -0.479 e. The lowest BCUT2D eigenvalue weighted by Gasteiger charge is -2.14. The Bertz CT molecular complexity index is 418. The molecular formula is C13H16N2O3. The topological polar surface area (TPSA) is 78.4 Å². The van der Waals surface area contributed by atoms with Crippen molar-refractivity contribution in [1.82, 2.24) is 10.6 Å². The van der Waals surface area contributed by atoms with Crippen molar-refractivity contribution in [3.63, 3.8) is 0 Å². The van der Waals surface area contributed by atoms with Crippen molar-refractivity contribution in [3.05, 3.63) is 48.6 Å². The number of aliphatic carboxylic acids is 1. The van der Waals surface area contributed by atoms with E-state index in [1.54, 1.807) is 36.4 Å². The fourth-order valence-electron chi connectivity index (χ4n) is 1.43. The second-order valence-electron chi connectivity index (χ2n) is 3.67. The molecule has 0 spiro atoms. The Labute approximate surface area is 106 Å². The maximum absolute atomic E-state index is 11.5. The molecule has 0 aliphatic carbocycles. The van der Waals surface area contributed by atoms with Crippen LogP contribution in [-0.4, -0.2) is 30.1 Å². The van der Waals surface area contributed by atoms with Gasteiger partial charge in [-0.2, -0.15) is 0 Å². The average Bonchev–Trinajstić information content (AvgIpc) is 2.37. The van der Waals surface area contributed by atoms with Crippen molar-refractivity contribution in [1.29, 1.82) is 0 Å². The molecule has 0 heterocycles. The van der Waals surface area contributed by atoms with Crippen LogP contribution >= 0.6 is 0 Å². The number of carbonyl (C=O) groups is 2. The molecule has 1 atom stereocenters. The Balaban J connectivity index is 2.62. The van der Waals surface area contributed by atoms with Crippen LogP contribution in [0, 0.1) is 0 Å². The monoisotopic (exact) mass is 248 g/mol. The maximum atomic E-state index is 11.5. The summed E-state index contributed by atoms with van der Waals surface area (Å²) in [4.78, 5) is 22.6. The van der Waals surface area contributed by atoms with Gasteiger partial charge in [-0.15, -0.1) is 6.58 Å². The molecule has 1 aromatic rings. The first-order valence-corrected chi connectivity index (χ1v) is 5.54. The summed E-state index contributed by atoms with van der Waals surface area (Å²) in [6, 6.07) is 7.55. The Morgan fingerprint density at radius 2 is 2.00 bits per heavy atom. The van der Waals surface area contributed by atoms with E-state index in [9.17, 15) is 9.59 Å². The van der Waals surface area contributed by atoms with Gasteiger partial charge in [-0.3, -0.25) is 4.79 Å². The number of carboxylic acid groups (broad SMARTS) is 1. The first-order chi connectivity index (χ1) is 8.65. The smallest absolute Gasteiger partial charge is 0.330 e. The van der Waals surface area contributed by atoms with Crippen LogP contribution in [-0.2, 0) is 9.59 Å². The lowest BCUT2D eigenvalue weighted by Crippen LogP contribution is -2.39. The van der Waals surface area contributed by atoms with Gasteiger partial charge < -0.3 is 15.7 Å². The van der Waals surface area contributed by atoms with Crippen molar-refractivity contribution in [2.75, 3.05) is 13.1 Å². The number of hydrogen-bond acceptors (Lipinski definition) is 3. The molecule has 0 bridgehead atoms. The Hall–Kier alpha value is -2.14. The minimum atomic E-state index is -1.08. The first-order valence-electron chi connectivity index (χ1n) is 5.54. The molecule has 0 aromatic heterocycles. The first kappa shape index (κ1) is 13.9. The van der Waals surface area contributed by atoms with Crippen LogP contribution in [0.15, 0.2) is 43.0 Å². The molecule has 1 amide bonds. The van der Waals surface area contributed by atoms with E-state index in [-0.39, 0.29) is 12.5 Å². The third kappa shape index (κ3) is 4.39. The highest BCUT2D eigenvalue weighted by atomic mass is 16.4. The normalized spacial score (nSPS) is 11.6. The van der Waals surface area contributed by atoms with E-state index < -0.39 is 12.0 Å². The van der Waals surface area contributed by atoms with Crippen molar-refractivity contribution in [2.24, 2.45) is 0 Å². The average molecular weight is 248 g/mol. The molecule has 1 aromatic carbocycles. The van der Waals surface area contributed by atoms with Gasteiger partial charge in [-0.25, -0.2) is 4.79 Å². The van der Waals surface area contributed by atoms with Crippen molar-refractivity contribution in [2.45, 2.75) is 6.04 Å². The maximum Gasteiger partial charge on any atom is 0.330 e. The predicted octanol–water partition coefficient (Wildman–Crippen LogP) is 0.704. The lowest BCUT2D eigenvalue weighted by molar-refractivity contribution is -0.141. The molecule has 96 valence electrons. The number of hydrogen-bond donors (Lipinski definition) is 3. The number of carbonyl (C=O) groups excluding carboxylic acids is 1. The minimum absolute atomic E-state index is 0.0582. The number of carboxylic acids is 1. The third-order valence-corrected chi connectivity index (χ3v) is 2.26. The molecule has 0 fully saturated rings. The zero-order chi connectivity index (χ0) is 13.4. The van der Waals surface area contributed by atoms with E-state index in [4.69, 9.17) is 5.11 Å². The highest BCUT2D eigenvalue weighted by Gasteiger charge is 2.21. The molecule has 0 aliphatic heterocycles. The van der Waals surface area contributed by atoms with Gasteiger partial charge in [-0.05, 0) is 5.56 Å². The van der Waals surface area contributed by atoms with Gasteiger partial charge in [0.15, 0.2) is 6.04 Å². The van der Waals surface area contributed by atoms with Crippen molar-refractivity contribution in [3.8, 4) is 0 Å². The van der Waals surface area contributed by atoms with Gasteiger partial charge in [0.05, 0.1) is 6.54 Å². The zero-order valence-corrected chi connectivity index (χ0v) is 9.93. The molecule has 0 saturated carbocycles. The Morgan fingerprint density at radius 1 is 1.33 bits per heavy atom. The molecule has 0 radical (unpaired) electrons.